The van der Waals surface area contributed by atoms with Gasteiger partial charge in [-0.15, -0.1) is 0 Å². The van der Waals surface area contributed by atoms with Gasteiger partial charge >= 0.3 is 5.97 Å². The Hall–Kier alpha value is -2.11. The molecule has 0 aliphatic carbocycles. The van der Waals surface area contributed by atoms with Crippen LogP contribution >= 0.6 is 0 Å². The summed E-state index contributed by atoms with van der Waals surface area (Å²) in [5, 5.41) is 19.6. The van der Waals surface area contributed by atoms with Gasteiger partial charge in [0.1, 0.15) is 11.3 Å². The van der Waals surface area contributed by atoms with Crippen molar-refractivity contribution in [2.24, 2.45) is 0 Å². The lowest BCUT2D eigenvalue weighted by Gasteiger charge is -2.11. The fourth-order valence-corrected chi connectivity index (χ4v) is 1.55. The molecule has 0 fully saturated rings. The largest absolute Gasteiger partial charge is 0.496 e. The highest BCUT2D eigenvalue weighted by molar-refractivity contribution is 5.92. The van der Waals surface area contributed by atoms with E-state index in [1.54, 1.807) is 12.1 Å². The van der Waals surface area contributed by atoms with Gasteiger partial charge in [-0.3, -0.25) is 10.1 Å². The van der Waals surface area contributed by atoms with Gasteiger partial charge in [-0.2, -0.15) is 0 Å². The zero-order chi connectivity index (χ0) is 13.0. The number of aromatic carboxylic acids is 1. The zero-order valence-corrected chi connectivity index (χ0v) is 9.54. The van der Waals surface area contributed by atoms with Gasteiger partial charge in [-0.25, -0.2) is 4.79 Å². The van der Waals surface area contributed by atoms with Crippen LogP contribution in [0.2, 0.25) is 0 Å². The summed E-state index contributed by atoms with van der Waals surface area (Å²) < 4.78 is 4.94. The molecule has 6 nitrogen and oxygen atoms in total. The lowest BCUT2D eigenvalue weighted by atomic mass is 10.0. The van der Waals surface area contributed by atoms with Gasteiger partial charge in [-0.05, 0) is 11.6 Å². The van der Waals surface area contributed by atoms with Crippen molar-refractivity contribution >= 4 is 5.97 Å². The molecule has 0 aliphatic heterocycles. The molecule has 17 heavy (non-hydrogen) atoms. The summed E-state index contributed by atoms with van der Waals surface area (Å²) in [6, 6.07) is 3.86. The van der Waals surface area contributed by atoms with Crippen molar-refractivity contribution in [2.75, 3.05) is 7.11 Å². The predicted molar refractivity (Wildman–Crippen MR) is 60.1 cm³/mol. The van der Waals surface area contributed by atoms with Crippen LogP contribution in [-0.4, -0.2) is 29.2 Å². The van der Waals surface area contributed by atoms with Gasteiger partial charge in [0.15, 0.2) is 0 Å². The van der Waals surface area contributed by atoms with E-state index in [4.69, 9.17) is 9.84 Å². The second kappa shape index (κ2) is 5.29. The third-order valence-corrected chi connectivity index (χ3v) is 2.42. The first-order valence-corrected chi connectivity index (χ1v) is 5.00. The van der Waals surface area contributed by atoms with E-state index in [2.05, 4.69) is 0 Å². The van der Waals surface area contributed by atoms with Gasteiger partial charge in [0.2, 0.25) is 6.04 Å². The number of hydrogen-bond acceptors (Lipinski definition) is 4. The van der Waals surface area contributed by atoms with Gasteiger partial charge in [0.05, 0.1) is 7.11 Å². The topological polar surface area (TPSA) is 89.7 Å². The highest BCUT2D eigenvalue weighted by Crippen LogP contribution is 2.23. The molecule has 0 radical (unpaired) electrons. The number of ether oxygens (including phenoxy) is 1. The minimum atomic E-state index is -1.15. The molecule has 0 saturated heterocycles. The Kier molecular flexibility index (Phi) is 4.03. The summed E-state index contributed by atoms with van der Waals surface area (Å²) in [5.74, 6) is -0.932. The van der Waals surface area contributed by atoms with Crippen LogP contribution in [0.3, 0.4) is 0 Å². The number of carboxylic acid groups (broad SMARTS) is 1. The van der Waals surface area contributed by atoms with Gasteiger partial charge in [0.25, 0.3) is 0 Å². The second-order valence-electron chi connectivity index (χ2n) is 3.64. The summed E-state index contributed by atoms with van der Waals surface area (Å²) in [5.41, 5.74) is 0.393. The SMILES string of the molecule is COc1cccc(CC(C)[N+](=O)[O-])c1C(=O)O. The molecule has 6 heteroatoms. The Labute approximate surface area is 98.0 Å². The Morgan fingerprint density at radius 3 is 2.71 bits per heavy atom. The number of methoxy groups -OCH3 is 1. The van der Waals surface area contributed by atoms with E-state index in [1.165, 1.54) is 20.1 Å². The van der Waals surface area contributed by atoms with E-state index in [0.29, 0.717) is 5.56 Å². The first-order chi connectivity index (χ1) is 7.97. The molecule has 0 aliphatic rings. The summed E-state index contributed by atoms with van der Waals surface area (Å²) >= 11 is 0. The lowest BCUT2D eigenvalue weighted by molar-refractivity contribution is -0.517. The fraction of sp³-hybridized carbons (Fsp3) is 0.364. The molecular formula is C11H13NO5. The van der Waals surface area contributed by atoms with Gasteiger partial charge in [-0.1, -0.05) is 12.1 Å². The summed E-state index contributed by atoms with van der Waals surface area (Å²) in [6.07, 6.45) is 0.0613. The van der Waals surface area contributed by atoms with Gasteiger partial charge in [0, 0.05) is 18.3 Å². The lowest BCUT2D eigenvalue weighted by Crippen LogP contribution is -2.19. The van der Waals surface area contributed by atoms with E-state index >= 15 is 0 Å². The molecule has 1 aromatic carbocycles. The molecule has 1 unspecified atom stereocenters. The third-order valence-electron chi connectivity index (χ3n) is 2.42. The van der Waals surface area contributed by atoms with Crippen molar-refractivity contribution in [3.8, 4) is 5.75 Å². The predicted octanol–water partition coefficient (Wildman–Crippen LogP) is 1.60. The first kappa shape index (κ1) is 13.0. The van der Waals surface area contributed by atoms with Crippen LogP contribution in [0.25, 0.3) is 0 Å². The molecule has 0 spiro atoms. The molecule has 0 saturated carbocycles. The van der Waals surface area contributed by atoms with Crippen molar-refractivity contribution in [1.82, 2.24) is 0 Å². The average Bonchev–Trinajstić information content (AvgIpc) is 2.27. The smallest absolute Gasteiger partial charge is 0.339 e. The van der Waals surface area contributed by atoms with Crippen LogP contribution in [0.15, 0.2) is 18.2 Å². The minimum Gasteiger partial charge on any atom is -0.496 e. The standard InChI is InChI=1S/C11H13NO5/c1-7(12(15)16)6-8-4-3-5-9(17-2)10(8)11(13)14/h3-5,7H,6H2,1-2H3,(H,13,14). The van der Waals surface area contributed by atoms with E-state index < -0.39 is 16.9 Å². The number of rotatable bonds is 5. The van der Waals surface area contributed by atoms with Crippen molar-refractivity contribution in [1.29, 1.82) is 0 Å². The maximum absolute atomic E-state index is 11.1. The number of nitrogens with zero attached hydrogens (tertiary/aromatic N) is 1. The Morgan fingerprint density at radius 2 is 2.24 bits per heavy atom. The first-order valence-electron chi connectivity index (χ1n) is 5.00. The molecule has 1 N–H and O–H groups in total. The number of carboxylic acids is 1. The molecule has 0 heterocycles. The molecule has 1 rings (SSSR count). The molecule has 1 aromatic rings. The number of carbonyl (C=O) groups is 1. The summed E-state index contributed by atoms with van der Waals surface area (Å²) in [6.45, 7) is 1.44. The van der Waals surface area contributed by atoms with Crippen LogP contribution < -0.4 is 4.74 Å². The Morgan fingerprint density at radius 1 is 1.59 bits per heavy atom. The van der Waals surface area contributed by atoms with Crippen molar-refractivity contribution in [3.05, 3.63) is 39.4 Å². The van der Waals surface area contributed by atoms with E-state index in [9.17, 15) is 14.9 Å². The number of benzene rings is 1. The molecule has 0 amide bonds. The van der Waals surface area contributed by atoms with Crippen LogP contribution in [0, 0.1) is 10.1 Å². The quantitative estimate of drug-likeness (QED) is 0.622. The highest BCUT2D eigenvalue weighted by atomic mass is 16.6. The monoisotopic (exact) mass is 239 g/mol. The molecule has 0 aromatic heterocycles. The maximum Gasteiger partial charge on any atom is 0.339 e. The van der Waals surface area contributed by atoms with Crippen LogP contribution in [0.1, 0.15) is 22.8 Å². The molecule has 0 bridgehead atoms. The van der Waals surface area contributed by atoms with Crippen molar-refractivity contribution in [2.45, 2.75) is 19.4 Å². The Bertz CT molecular complexity index is 443. The van der Waals surface area contributed by atoms with E-state index in [0.717, 1.165) is 0 Å². The number of nitro groups is 1. The van der Waals surface area contributed by atoms with Gasteiger partial charge < -0.3 is 9.84 Å². The molecular weight excluding hydrogens is 226 g/mol. The Balaban J connectivity index is 3.14. The van der Waals surface area contributed by atoms with Crippen LogP contribution in [-0.2, 0) is 6.42 Å². The third kappa shape index (κ3) is 2.93. The summed E-state index contributed by atoms with van der Waals surface area (Å²) in [7, 11) is 1.36. The van der Waals surface area contributed by atoms with E-state index in [1.807, 2.05) is 0 Å². The van der Waals surface area contributed by atoms with Crippen molar-refractivity contribution < 1.29 is 19.6 Å². The van der Waals surface area contributed by atoms with Crippen molar-refractivity contribution in [3.63, 3.8) is 0 Å². The van der Waals surface area contributed by atoms with E-state index in [-0.39, 0.29) is 17.7 Å². The molecule has 92 valence electrons. The number of hydrogen-bond donors (Lipinski definition) is 1. The van der Waals surface area contributed by atoms with Crippen LogP contribution in [0.5, 0.6) is 5.75 Å². The minimum absolute atomic E-state index is 0.0105. The van der Waals surface area contributed by atoms with Crippen LogP contribution in [0.4, 0.5) is 0 Å². The summed E-state index contributed by atoms with van der Waals surface area (Å²) in [4.78, 5) is 21.2. The highest BCUT2D eigenvalue weighted by Gasteiger charge is 2.21. The average molecular weight is 239 g/mol. The second-order valence-corrected chi connectivity index (χ2v) is 3.64. The fourth-order valence-electron chi connectivity index (χ4n) is 1.55. The zero-order valence-electron chi connectivity index (χ0n) is 9.54. The normalized spacial score (nSPS) is 11.9. The maximum atomic E-state index is 11.1. The molecule has 1 atom stereocenters.